The van der Waals surface area contributed by atoms with Gasteiger partial charge in [-0.15, -0.1) is 11.6 Å². The largest absolute Gasteiger partial charge is 0.333 e. The van der Waals surface area contributed by atoms with Gasteiger partial charge in [0, 0.05) is 18.5 Å². The molecule has 82 valence electrons. The number of nitrogens with one attached hydrogen (secondary N) is 1. The fraction of sp³-hybridized carbons (Fsp3) is 0.667. The molecule has 0 radical (unpaired) electrons. The number of carbonyl (C=O) groups is 1. The molecule has 1 aromatic rings. The quantitative estimate of drug-likeness (QED) is 0.784. The first-order valence-corrected chi connectivity index (χ1v) is 5.59. The van der Waals surface area contributed by atoms with Crippen LogP contribution in [0.15, 0.2) is 6.20 Å². The molecule has 0 unspecified atom stereocenters. The lowest BCUT2D eigenvalue weighted by Crippen LogP contribution is -2.45. The number of aromatic amines is 1. The molecule has 0 aromatic carbocycles. The first-order chi connectivity index (χ1) is 7.33. The second-order valence-electron chi connectivity index (χ2n) is 3.63. The van der Waals surface area contributed by atoms with E-state index in [0.717, 1.165) is 12.8 Å². The number of hydrogen-bond donors (Lipinski definition) is 1. The van der Waals surface area contributed by atoms with E-state index in [1.807, 2.05) is 0 Å². The van der Waals surface area contributed by atoms with Crippen LogP contribution in [0.5, 0.6) is 0 Å². The van der Waals surface area contributed by atoms with E-state index < -0.39 is 0 Å². The summed E-state index contributed by atoms with van der Waals surface area (Å²) in [6, 6.07) is 0.341. The Labute approximate surface area is 92.8 Å². The molecule has 1 aliphatic carbocycles. The van der Waals surface area contributed by atoms with Gasteiger partial charge < -0.3 is 4.90 Å². The molecule has 1 aromatic heterocycles. The van der Waals surface area contributed by atoms with Gasteiger partial charge in [-0.3, -0.25) is 4.79 Å². The standard InChI is InChI=1S/C9H13ClN4O/c10-4-5-14(7-2-1-3-7)9(15)8-6-11-13-12-8/h6-7H,1-5H2,(H,11,12,13). The summed E-state index contributed by atoms with van der Waals surface area (Å²) >= 11 is 5.69. The SMILES string of the molecule is O=C(c1cn[nH]n1)N(CCCl)C1CCC1. The summed E-state index contributed by atoms with van der Waals surface area (Å²) in [4.78, 5) is 13.8. The lowest BCUT2D eigenvalue weighted by Gasteiger charge is -2.36. The smallest absolute Gasteiger partial charge is 0.276 e. The molecule has 2 rings (SSSR count). The maximum atomic E-state index is 12.0. The Balaban J connectivity index is 2.06. The molecule has 0 aliphatic heterocycles. The highest BCUT2D eigenvalue weighted by Crippen LogP contribution is 2.25. The van der Waals surface area contributed by atoms with Crippen LogP contribution in [0, 0.1) is 0 Å². The Morgan fingerprint density at radius 1 is 1.67 bits per heavy atom. The number of aromatic nitrogens is 3. The number of rotatable bonds is 4. The Kier molecular flexibility index (Phi) is 3.20. The van der Waals surface area contributed by atoms with Crippen molar-refractivity contribution in [3.63, 3.8) is 0 Å². The molecule has 1 fully saturated rings. The minimum absolute atomic E-state index is 0.0749. The molecule has 1 N–H and O–H groups in total. The maximum absolute atomic E-state index is 12.0. The van der Waals surface area contributed by atoms with Crippen molar-refractivity contribution < 1.29 is 4.79 Å². The molecule has 15 heavy (non-hydrogen) atoms. The Bertz CT molecular complexity index is 323. The van der Waals surface area contributed by atoms with Gasteiger partial charge in [-0.2, -0.15) is 15.4 Å². The molecular weight excluding hydrogens is 216 g/mol. The second kappa shape index (κ2) is 4.61. The minimum atomic E-state index is -0.0749. The molecule has 1 amide bonds. The third-order valence-corrected chi connectivity index (χ3v) is 2.90. The Morgan fingerprint density at radius 3 is 2.93 bits per heavy atom. The van der Waals surface area contributed by atoms with Gasteiger partial charge in [0.05, 0.1) is 6.20 Å². The van der Waals surface area contributed by atoms with Crippen LogP contribution < -0.4 is 0 Å². The average Bonchev–Trinajstić information content (AvgIpc) is 2.66. The van der Waals surface area contributed by atoms with Gasteiger partial charge in [-0.05, 0) is 19.3 Å². The van der Waals surface area contributed by atoms with E-state index >= 15 is 0 Å². The number of carbonyl (C=O) groups excluding carboxylic acids is 1. The van der Waals surface area contributed by atoms with Gasteiger partial charge in [0.15, 0.2) is 5.69 Å². The number of halogens is 1. The van der Waals surface area contributed by atoms with Gasteiger partial charge in [0.2, 0.25) is 0 Å². The molecule has 0 saturated heterocycles. The normalized spacial score (nSPS) is 16.1. The summed E-state index contributed by atoms with van der Waals surface area (Å²) < 4.78 is 0. The van der Waals surface area contributed by atoms with Crippen molar-refractivity contribution >= 4 is 17.5 Å². The monoisotopic (exact) mass is 228 g/mol. The number of nitrogens with zero attached hydrogens (tertiary/aromatic N) is 3. The zero-order valence-corrected chi connectivity index (χ0v) is 9.07. The van der Waals surface area contributed by atoms with E-state index in [-0.39, 0.29) is 5.91 Å². The van der Waals surface area contributed by atoms with E-state index in [4.69, 9.17) is 11.6 Å². The summed E-state index contributed by atoms with van der Waals surface area (Å²) in [5.74, 6) is 0.384. The van der Waals surface area contributed by atoms with Crippen LogP contribution in [0.4, 0.5) is 0 Å². The van der Waals surface area contributed by atoms with E-state index in [1.165, 1.54) is 12.6 Å². The van der Waals surface area contributed by atoms with Crippen LogP contribution in [0.2, 0.25) is 0 Å². The van der Waals surface area contributed by atoms with Crippen LogP contribution in [0.3, 0.4) is 0 Å². The van der Waals surface area contributed by atoms with E-state index in [9.17, 15) is 4.79 Å². The fourth-order valence-electron chi connectivity index (χ4n) is 1.69. The topological polar surface area (TPSA) is 61.9 Å². The van der Waals surface area contributed by atoms with Crippen LogP contribution in [0.1, 0.15) is 29.8 Å². The van der Waals surface area contributed by atoms with E-state index in [2.05, 4.69) is 15.4 Å². The molecule has 1 heterocycles. The van der Waals surface area contributed by atoms with Gasteiger partial charge in [-0.25, -0.2) is 0 Å². The highest BCUT2D eigenvalue weighted by atomic mass is 35.5. The van der Waals surface area contributed by atoms with Gasteiger partial charge in [-0.1, -0.05) is 0 Å². The van der Waals surface area contributed by atoms with Crippen LogP contribution in [-0.4, -0.2) is 44.7 Å². The molecular formula is C9H13ClN4O. The van der Waals surface area contributed by atoms with Gasteiger partial charge >= 0.3 is 0 Å². The van der Waals surface area contributed by atoms with Crippen molar-refractivity contribution in [3.05, 3.63) is 11.9 Å². The zero-order chi connectivity index (χ0) is 10.7. The summed E-state index contributed by atoms with van der Waals surface area (Å²) in [5.41, 5.74) is 0.368. The molecule has 1 saturated carbocycles. The number of amides is 1. The summed E-state index contributed by atoms with van der Waals surface area (Å²) in [6.07, 6.45) is 4.78. The van der Waals surface area contributed by atoms with Gasteiger partial charge in [0.25, 0.3) is 5.91 Å². The Hall–Kier alpha value is -1.10. The summed E-state index contributed by atoms with van der Waals surface area (Å²) in [7, 11) is 0. The second-order valence-corrected chi connectivity index (χ2v) is 4.01. The highest BCUT2D eigenvalue weighted by molar-refractivity contribution is 6.18. The molecule has 6 heteroatoms. The van der Waals surface area contributed by atoms with Crippen molar-refractivity contribution in [1.29, 1.82) is 0 Å². The predicted octanol–water partition coefficient (Wildman–Crippen LogP) is 1.04. The molecule has 0 spiro atoms. The maximum Gasteiger partial charge on any atom is 0.276 e. The van der Waals surface area contributed by atoms with Gasteiger partial charge in [0.1, 0.15) is 0 Å². The molecule has 1 aliphatic rings. The van der Waals surface area contributed by atoms with Crippen LogP contribution >= 0.6 is 11.6 Å². The van der Waals surface area contributed by atoms with Crippen LogP contribution in [-0.2, 0) is 0 Å². The third-order valence-electron chi connectivity index (χ3n) is 2.74. The lowest BCUT2D eigenvalue weighted by molar-refractivity contribution is 0.0592. The summed E-state index contributed by atoms with van der Waals surface area (Å²) in [5, 5.41) is 9.86. The van der Waals surface area contributed by atoms with Crippen molar-refractivity contribution in [2.24, 2.45) is 0 Å². The lowest BCUT2D eigenvalue weighted by atomic mass is 9.91. The first kappa shape index (κ1) is 10.4. The average molecular weight is 229 g/mol. The first-order valence-electron chi connectivity index (χ1n) is 5.05. The Morgan fingerprint density at radius 2 is 2.47 bits per heavy atom. The predicted molar refractivity (Wildman–Crippen MR) is 55.8 cm³/mol. The molecule has 0 atom stereocenters. The van der Waals surface area contributed by atoms with E-state index in [1.54, 1.807) is 4.90 Å². The number of alkyl halides is 1. The van der Waals surface area contributed by atoms with Crippen LogP contribution in [0.25, 0.3) is 0 Å². The molecule has 0 bridgehead atoms. The van der Waals surface area contributed by atoms with Crippen molar-refractivity contribution in [1.82, 2.24) is 20.3 Å². The van der Waals surface area contributed by atoms with Crippen molar-refractivity contribution in [2.75, 3.05) is 12.4 Å². The molecule has 5 nitrogen and oxygen atoms in total. The van der Waals surface area contributed by atoms with Crippen molar-refractivity contribution in [3.8, 4) is 0 Å². The highest BCUT2D eigenvalue weighted by Gasteiger charge is 2.29. The third kappa shape index (κ3) is 2.12. The van der Waals surface area contributed by atoms with Crippen molar-refractivity contribution in [2.45, 2.75) is 25.3 Å². The zero-order valence-electron chi connectivity index (χ0n) is 8.32. The fourth-order valence-corrected chi connectivity index (χ4v) is 1.87. The van der Waals surface area contributed by atoms with E-state index in [0.29, 0.717) is 24.2 Å². The number of hydrogen-bond acceptors (Lipinski definition) is 3. The number of H-pyrrole nitrogens is 1. The summed E-state index contributed by atoms with van der Waals surface area (Å²) in [6.45, 7) is 0.581. The minimum Gasteiger partial charge on any atom is -0.333 e.